The van der Waals surface area contributed by atoms with Gasteiger partial charge >= 0.3 is 0 Å². The van der Waals surface area contributed by atoms with Gasteiger partial charge in [-0.3, -0.25) is 9.69 Å². The lowest BCUT2D eigenvalue weighted by Gasteiger charge is -2.35. The molecule has 0 bridgehead atoms. The summed E-state index contributed by atoms with van der Waals surface area (Å²) >= 11 is 0. The van der Waals surface area contributed by atoms with Crippen molar-refractivity contribution in [2.24, 2.45) is 5.92 Å². The second-order valence-corrected chi connectivity index (χ2v) is 6.75. The van der Waals surface area contributed by atoms with Crippen molar-refractivity contribution in [1.29, 1.82) is 0 Å². The second-order valence-electron chi connectivity index (χ2n) is 6.75. The van der Waals surface area contributed by atoms with Crippen LogP contribution >= 0.6 is 0 Å². The molecule has 5 heteroatoms. The summed E-state index contributed by atoms with van der Waals surface area (Å²) in [6, 6.07) is 9.80. The third-order valence-electron chi connectivity index (χ3n) is 4.24. The van der Waals surface area contributed by atoms with Crippen molar-refractivity contribution in [3.63, 3.8) is 0 Å². The number of amides is 1. The molecule has 1 aliphatic heterocycles. The van der Waals surface area contributed by atoms with Crippen molar-refractivity contribution in [2.75, 3.05) is 32.8 Å². The molecule has 0 saturated carbocycles. The molecule has 24 heavy (non-hydrogen) atoms. The minimum atomic E-state index is -0.503. The topological polar surface area (TPSA) is 50.8 Å². The third kappa shape index (κ3) is 6.13. The van der Waals surface area contributed by atoms with Crippen LogP contribution in [0.3, 0.4) is 0 Å². The number of hydrogen-bond acceptors (Lipinski definition) is 4. The SMILES string of the molecule is CC(C)CC(CNC(=O)C(C)Oc1ccccc1)N1CCOCC1. The lowest BCUT2D eigenvalue weighted by atomic mass is 10.0. The van der Waals surface area contributed by atoms with Crippen LogP contribution in [0, 0.1) is 5.92 Å². The van der Waals surface area contributed by atoms with Crippen LogP contribution in [-0.4, -0.2) is 55.8 Å². The van der Waals surface area contributed by atoms with Gasteiger partial charge in [0.2, 0.25) is 0 Å². The van der Waals surface area contributed by atoms with Gasteiger partial charge in [0.1, 0.15) is 5.75 Å². The van der Waals surface area contributed by atoms with Gasteiger partial charge in [-0.1, -0.05) is 32.0 Å². The first-order valence-corrected chi connectivity index (χ1v) is 8.87. The van der Waals surface area contributed by atoms with E-state index in [0.29, 0.717) is 24.3 Å². The largest absolute Gasteiger partial charge is 0.481 e. The summed E-state index contributed by atoms with van der Waals surface area (Å²) in [7, 11) is 0. The van der Waals surface area contributed by atoms with E-state index in [1.165, 1.54) is 0 Å². The van der Waals surface area contributed by atoms with Crippen molar-refractivity contribution in [3.8, 4) is 5.75 Å². The molecule has 2 unspecified atom stereocenters. The first-order valence-electron chi connectivity index (χ1n) is 8.87. The fraction of sp³-hybridized carbons (Fsp3) is 0.632. The number of carbonyl (C=O) groups excluding carboxylic acids is 1. The summed E-state index contributed by atoms with van der Waals surface area (Å²) in [6.45, 7) is 10.3. The van der Waals surface area contributed by atoms with Gasteiger partial charge in [0.25, 0.3) is 5.91 Å². The van der Waals surface area contributed by atoms with Crippen molar-refractivity contribution < 1.29 is 14.3 Å². The van der Waals surface area contributed by atoms with Crippen LogP contribution in [0.5, 0.6) is 5.75 Å². The van der Waals surface area contributed by atoms with Crippen molar-refractivity contribution in [1.82, 2.24) is 10.2 Å². The van der Waals surface area contributed by atoms with Crippen LogP contribution in [0.4, 0.5) is 0 Å². The highest BCUT2D eigenvalue weighted by molar-refractivity contribution is 5.80. The first-order chi connectivity index (χ1) is 11.6. The first kappa shape index (κ1) is 18.7. The molecule has 1 amide bonds. The normalized spacial score (nSPS) is 18.2. The summed E-state index contributed by atoms with van der Waals surface area (Å²) in [4.78, 5) is 14.8. The molecule has 0 aromatic heterocycles. The van der Waals surface area contributed by atoms with Gasteiger partial charge in [0.15, 0.2) is 6.10 Å². The average Bonchev–Trinajstić information content (AvgIpc) is 2.59. The van der Waals surface area contributed by atoms with E-state index < -0.39 is 6.10 Å². The lowest BCUT2D eigenvalue weighted by Crippen LogP contribution is -2.50. The van der Waals surface area contributed by atoms with Crippen LogP contribution in [0.1, 0.15) is 27.2 Å². The number of nitrogens with one attached hydrogen (secondary N) is 1. The molecule has 2 rings (SSSR count). The number of rotatable bonds is 8. The number of carbonyl (C=O) groups is 1. The second kappa shape index (κ2) is 9.64. The number of nitrogens with zero attached hydrogens (tertiary/aromatic N) is 1. The predicted octanol–water partition coefficient (Wildman–Crippen LogP) is 2.32. The zero-order valence-electron chi connectivity index (χ0n) is 15.0. The van der Waals surface area contributed by atoms with Crippen LogP contribution in [0.15, 0.2) is 30.3 Å². The zero-order chi connectivity index (χ0) is 17.4. The molecule has 1 aromatic carbocycles. The number of para-hydroxylation sites is 1. The van der Waals surface area contributed by atoms with Gasteiger partial charge in [0.05, 0.1) is 13.2 Å². The predicted molar refractivity (Wildman–Crippen MR) is 95.2 cm³/mol. The molecule has 2 atom stereocenters. The van der Waals surface area contributed by atoms with E-state index in [2.05, 4.69) is 24.1 Å². The summed E-state index contributed by atoms with van der Waals surface area (Å²) in [5.74, 6) is 1.24. The fourth-order valence-corrected chi connectivity index (χ4v) is 2.97. The lowest BCUT2D eigenvalue weighted by molar-refractivity contribution is -0.127. The Morgan fingerprint density at radius 2 is 1.88 bits per heavy atom. The van der Waals surface area contributed by atoms with Gasteiger partial charge < -0.3 is 14.8 Å². The Balaban J connectivity index is 1.84. The maximum atomic E-state index is 12.3. The number of benzene rings is 1. The van der Waals surface area contributed by atoms with Crippen molar-refractivity contribution >= 4 is 5.91 Å². The molecule has 1 fully saturated rings. The molecule has 1 aliphatic rings. The molecule has 1 aromatic rings. The average molecular weight is 334 g/mol. The molecule has 134 valence electrons. The Morgan fingerprint density at radius 3 is 2.50 bits per heavy atom. The van der Waals surface area contributed by atoms with E-state index in [4.69, 9.17) is 9.47 Å². The van der Waals surface area contributed by atoms with Crippen molar-refractivity contribution in [2.45, 2.75) is 39.3 Å². The Labute approximate surface area is 145 Å². The van der Waals surface area contributed by atoms with E-state index in [1.807, 2.05) is 30.3 Å². The summed E-state index contributed by atoms with van der Waals surface area (Å²) < 4.78 is 11.1. The van der Waals surface area contributed by atoms with Crippen LogP contribution in [0.2, 0.25) is 0 Å². The van der Waals surface area contributed by atoms with Gasteiger partial charge in [0, 0.05) is 25.7 Å². The Hall–Kier alpha value is -1.59. The van der Waals surface area contributed by atoms with Gasteiger partial charge in [-0.25, -0.2) is 0 Å². The maximum absolute atomic E-state index is 12.3. The number of hydrogen-bond donors (Lipinski definition) is 1. The molecular formula is C19H30N2O3. The monoisotopic (exact) mass is 334 g/mol. The summed E-state index contributed by atoms with van der Waals surface area (Å²) in [5, 5.41) is 3.06. The summed E-state index contributed by atoms with van der Waals surface area (Å²) in [5.41, 5.74) is 0. The highest BCUT2D eigenvalue weighted by atomic mass is 16.5. The molecule has 1 N–H and O–H groups in total. The van der Waals surface area contributed by atoms with Crippen molar-refractivity contribution in [3.05, 3.63) is 30.3 Å². The van der Waals surface area contributed by atoms with E-state index in [0.717, 1.165) is 32.7 Å². The Morgan fingerprint density at radius 1 is 1.21 bits per heavy atom. The third-order valence-corrected chi connectivity index (χ3v) is 4.24. The standard InChI is InChI=1S/C19H30N2O3/c1-15(2)13-17(21-9-11-23-12-10-21)14-20-19(22)16(3)24-18-7-5-4-6-8-18/h4-8,15-17H,9-14H2,1-3H3,(H,20,22). The van der Waals surface area contributed by atoms with Gasteiger partial charge in [-0.05, 0) is 31.4 Å². The quantitative estimate of drug-likeness (QED) is 0.793. The molecule has 1 heterocycles. The minimum Gasteiger partial charge on any atom is -0.481 e. The summed E-state index contributed by atoms with van der Waals surface area (Å²) in [6.07, 6.45) is 0.561. The van der Waals surface area contributed by atoms with Gasteiger partial charge in [-0.2, -0.15) is 0 Å². The van der Waals surface area contributed by atoms with Crippen LogP contribution in [0.25, 0.3) is 0 Å². The van der Waals surface area contributed by atoms with E-state index in [9.17, 15) is 4.79 Å². The smallest absolute Gasteiger partial charge is 0.260 e. The Bertz CT molecular complexity index is 487. The number of ether oxygens (including phenoxy) is 2. The molecule has 5 nitrogen and oxygen atoms in total. The highest BCUT2D eigenvalue weighted by Gasteiger charge is 2.23. The van der Waals surface area contributed by atoms with E-state index in [-0.39, 0.29) is 5.91 Å². The molecular weight excluding hydrogens is 304 g/mol. The molecule has 1 saturated heterocycles. The van der Waals surface area contributed by atoms with Crippen LogP contribution < -0.4 is 10.1 Å². The fourth-order valence-electron chi connectivity index (χ4n) is 2.97. The van der Waals surface area contributed by atoms with E-state index in [1.54, 1.807) is 6.92 Å². The minimum absolute atomic E-state index is 0.0686. The highest BCUT2D eigenvalue weighted by Crippen LogP contribution is 2.14. The van der Waals surface area contributed by atoms with Gasteiger partial charge in [-0.15, -0.1) is 0 Å². The van der Waals surface area contributed by atoms with Crippen LogP contribution in [-0.2, 0) is 9.53 Å². The maximum Gasteiger partial charge on any atom is 0.260 e. The zero-order valence-corrected chi connectivity index (χ0v) is 15.0. The number of morpholine rings is 1. The molecule has 0 spiro atoms. The van der Waals surface area contributed by atoms with E-state index >= 15 is 0 Å². The molecule has 0 aliphatic carbocycles. The Kier molecular flexibility index (Phi) is 7.53. The molecule has 0 radical (unpaired) electrons.